The van der Waals surface area contributed by atoms with E-state index in [-0.39, 0.29) is 23.3 Å². The quantitative estimate of drug-likeness (QED) is 0.516. The largest absolute Gasteiger partial charge is 0.480 e. The number of nitrogens with zero attached hydrogens (tertiary/aromatic N) is 6. The van der Waals surface area contributed by atoms with E-state index in [0.717, 1.165) is 12.1 Å². The molecule has 176 valence electrons. The molecule has 0 amide bonds. The van der Waals surface area contributed by atoms with Crippen LogP contribution in [-0.4, -0.2) is 32.4 Å². The molecule has 1 aromatic heterocycles. The minimum atomic E-state index is -4.58. The number of fused-ring (bicyclic) bond motifs is 1. The van der Waals surface area contributed by atoms with Gasteiger partial charge >= 0.3 is 12.1 Å². The number of benzene rings is 2. The molecule has 3 aromatic rings. The monoisotopic (exact) mass is 479 g/mol. The van der Waals surface area contributed by atoms with Gasteiger partial charge in [0.1, 0.15) is 12.6 Å². The number of nitriles is 1. The average Bonchev–Trinajstić information content (AvgIpc) is 3.25. The molecule has 1 atom stereocenters. The van der Waals surface area contributed by atoms with Crippen LogP contribution < -0.4 is 10.2 Å². The molecule has 0 spiro atoms. The van der Waals surface area contributed by atoms with Crippen molar-refractivity contribution < 1.29 is 23.1 Å². The van der Waals surface area contributed by atoms with Crippen LogP contribution in [0.15, 0.2) is 59.9 Å². The number of alkyl halides is 3. The van der Waals surface area contributed by atoms with Gasteiger partial charge in [0, 0.05) is 11.4 Å². The van der Waals surface area contributed by atoms with Crippen LogP contribution in [0.2, 0.25) is 0 Å². The Kier molecular flexibility index (Phi) is 5.89. The van der Waals surface area contributed by atoms with E-state index < -0.39 is 30.3 Å². The smallest absolute Gasteiger partial charge is 0.416 e. The van der Waals surface area contributed by atoms with E-state index in [4.69, 9.17) is 16.9 Å². The maximum absolute atomic E-state index is 13.4. The Morgan fingerprint density at radius 1 is 1.29 bits per heavy atom. The van der Waals surface area contributed by atoms with Crippen molar-refractivity contribution in [2.75, 3.05) is 16.8 Å². The Bertz CT molecular complexity index is 1410. The maximum Gasteiger partial charge on any atom is 0.416 e. The molecule has 35 heavy (non-hydrogen) atoms. The zero-order valence-corrected chi connectivity index (χ0v) is 18.1. The molecule has 2 N–H and O–H groups in total. The highest BCUT2D eigenvalue weighted by atomic mass is 19.4. The fraction of sp³-hybridized carbons (Fsp3) is 0.174. The van der Waals surface area contributed by atoms with Gasteiger partial charge in [-0.25, -0.2) is 9.53 Å². The molecule has 12 heteroatoms. The topological polar surface area (TPSA) is 111 Å². The maximum atomic E-state index is 13.4. The van der Waals surface area contributed by atoms with Crippen molar-refractivity contribution >= 4 is 23.6 Å². The van der Waals surface area contributed by atoms with Gasteiger partial charge in [0.05, 0.1) is 23.8 Å². The van der Waals surface area contributed by atoms with E-state index in [2.05, 4.69) is 20.2 Å². The van der Waals surface area contributed by atoms with Crippen molar-refractivity contribution in [1.29, 1.82) is 5.26 Å². The Balaban J connectivity index is 1.92. The molecule has 0 fully saturated rings. The van der Waals surface area contributed by atoms with Crippen LogP contribution in [0.4, 0.5) is 30.8 Å². The van der Waals surface area contributed by atoms with Gasteiger partial charge in [-0.15, -0.1) is 5.10 Å². The number of anilines is 3. The fourth-order valence-electron chi connectivity index (χ4n) is 3.76. The second-order valence-electron chi connectivity index (χ2n) is 7.53. The number of hydrogen-bond acceptors (Lipinski definition) is 6. The molecule has 9 nitrogen and oxygen atoms in total. The summed E-state index contributed by atoms with van der Waals surface area (Å²) in [5, 5.41) is 25.0. The second kappa shape index (κ2) is 8.83. The number of carboxylic acid groups (broad SMARTS) is 1. The number of allylic oxidation sites excluding steroid dienone is 2. The van der Waals surface area contributed by atoms with Gasteiger partial charge in [0.15, 0.2) is 0 Å². The highest BCUT2D eigenvalue weighted by Gasteiger charge is 2.37. The van der Waals surface area contributed by atoms with E-state index in [1.54, 1.807) is 31.2 Å². The van der Waals surface area contributed by atoms with Gasteiger partial charge in [0.2, 0.25) is 17.6 Å². The SMILES string of the molecule is [C-]#[N+]C1=C(C)N(c2cccc(C(F)(F)F)c2)c2nc(NCC(=O)O)nn2[C@@H]1c1ccc(C#N)cc1. The normalized spacial score (nSPS) is 15.3. The van der Waals surface area contributed by atoms with Crippen molar-refractivity contribution in [1.82, 2.24) is 14.8 Å². The first kappa shape index (κ1) is 23.3. The highest BCUT2D eigenvalue weighted by Crippen LogP contribution is 2.44. The van der Waals surface area contributed by atoms with Crippen LogP contribution in [0.25, 0.3) is 4.85 Å². The van der Waals surface area contributed by atoms with Crippen LogP contribution in [0.1, 0.15) is 29.7 Å². The molecule has 1 aliphatic rings. The molecule has 2 heterocycles. The van der Waals surface area contributed by atoms with Crippen LogP contribution in [0.3, 0.4) is 0 Å². The van der Waals surface area contributed by atoms with Gasteiger partial charge < -0.3 is 10.4 Å². The first-order valence-electron chi connectivity index (χ1n) is 10.1. The number of carbonyl (C=O) groups is 1. The molecule has 0 radical (unpaired) electrons. The van der Waals surface area contributed by atoms with Gasteiger partial charge in [-0.3, -0.25) is 9.69 Å². The molecular weight excluding hydrogens is 463 g/mol. The summed E-state index contributed by atoms with van der Waals surface area (Å²) in [6.45, 7) is 8.92. The van der Waals surface area contributed by atoms with Crippen LogP contribution in [0, 0.1) is 17.9 Å². The number of aliphatic carboxylic acids is 1. The van der Waals surface area contributed by atoms with Gasteiger partial charge in [0.25, 0.3) is 0 Å². The van der Waals surface area contributed by atoms with E-state index in [0.29, 0.717) is 16.8 Å². The Hall–Kier alpha value is -4.84. The molecule has 4 rings (SSSR count). The van der Waals surface area contributed by atoms with Crippen LogP contribution in [-0.2, 0) is 11.0 Å². The third kappa shape index (κ3) is 4.37. The molecular formula is C23H16F3N7O2. The molecule has 0 unspecified atom stereocenters. The molecule has 0 bridgehead atoms. The minimum Gasteiger partial charge on any atom is -0.480 e. The predicted octanol–water partition coefficient (Wildman–Crippen LogP) is 4.56. The number of halogens is 3. The summed E-state index contributed by atoms with van der Waals surface area (Å²) in [6.07, 6.45) is -4.58. The van der Waals surface area contributed by atoms with E-state index in [1.807, 2.05) is 6.07 Å². The summed E-state index contributed by atoms with van der Waals surface area (Å²) in [7, 11) is 0. The van der Waals surface area contributed by atoms with Crippen LogP contribution >= 0.6 is 0 Å². The average molecular weight is 479 g/mol. The predicted molar refractivity (Wildman–Crippen MR) is 118 cm³/mol. The first-order valence-corrected chi connectivity index (χ1v) is 10.1. The van der Waals surface area contributed by atoms with Crippen LogP contribution in [0.5, 0.6) is 0 Å². The minimum absolute atomic E-state index is 0.0722. The zero-order chi connectivity index (χ0) is 25.3. The standard InChI is InChI=1S/C23H16F3N7O2/c1-13-19(28-2)20(15-8-6-14(11-27)7-9-15)33-22(30-21(31-33)29-12-18(34)35)32(13)17-5-3-4-16(10-17)23(24,25)26/h3-10,20H,12H2,1H3,(H,29,31)(H,34,35)/t20-/m1/s1. The highest BCUT2D eigenvalue weighted by molar-refractivity contribution is 5.73. The van der Waals surface area contributed by atoms with Gasteiger partial charge in [-0.1, -0.05) is 18.2 Å². The van der Waals surface area contributed by atoms with Gasteiger partial charge in [-0.2, -0.15) is 23.4 Å². The molecule has 2 aromatic carbocycles. The lowest BCUT2D eigenvalue weighted by Gasteiger charge is -2.34. The molecule has 0 aliphatic carbocycles. The Morgan fingerprint density at radius 2 is 2.00 bits per heavy atom. The number of hydrogen-bond donors (Lipinski definition) is 2. The number of rotatable bonds is 5. The lowest BCUT2D eigenvalue weighted by atomic mass is 9.99. The second-order valence-corrected chi connectivity index (χ2v) is 7.53. The first-order chi connectivity index (χ1) is 16.6. The van der Waals surface area contributed by atoms with E-state index >= 15 is 0 Å². The van der Waals surface area contributed by atoms with Crippen molar-refractivity contribution in [3.63, 3.8) is 0 Å². The molecule has 1 aliphatic heterocycles. The zero-order valence-electron chi connectivity index (χ0n) is 18.1. The summed E-state index contributed by atoms with van der Waals surface area (Å²) in [5.74, 6) is -1.14. The van der Waals surface area contributed by atoms with E-state index in [9.17, 15) is 18.0 Å². The number of nitrogens with one attached hydrogen (secondary N) is 1. The van der Waals surface area contributed by atoms with Crippen molar-refractivity contribution in [2.24, 2.45) is 0 Å². The molecule has 0 saturated carbocycles. The van der Waals surface area contributed by atoms with Crippen molar-refractivity contribution in [2.45, 2.75) is 19.1 Å². The van der Waals surface area contributed by atoms with Crippen molar-refractivity contribution in [3.8, 4) is 6.07 Å². The summed E-state index contributed by atoms with van der Waals surface area (Å²) < 4.78 is 41.5. The Labute approximate surface area is 197 Å². The lowest BCUT2D eigenvalue weighted by molar-refractivity contribution is -0.137. The van der Waals surface area contributed by atoms with Crippen molar-refractivity contribution in [3.05, 3.63) is 88.0 Å². The van der Waals surface area contributed by atoms with Gasteiger partial charge in [-0.05, 0) is 42.8 Å². The number of carboxylic acids is 1. The number of aromatic nitrogens is 3. The summed E-state index contributed by atoms with van der Waals surface area (Å²) >= 11 is 0. The summed E-state index contributed by atoms with van der Waals surface area (Å²) in [4.78, 5) is 20.4. The summed E-state index contributed by atoms with van der Waals surface area (Å²) in [5.41, 5.74) is 0.733. The van der Waals surface area contributed by atoms with E-state index in [1.165, 1.54) is 21.7 Å². The lowest BCUT2D eigenvalue weighted by Crippen LogP contribution is -2.30. The summed E-state index contributed by atoms with van der Waals surface area (Å²) in [6, 6.07) is 12.2. The third-order valence-electron chi connectivity index (χ3n) is 5.33. The third-order valence-corrected chi connectivity index (χ3v) is 5.33. The Morgan fingerprint density at radius 3 is 2.60 bits per heavy atom. The fourth-order valence-corrected chi connectivity index (χ4v) is 3.76. The molecule has 0 saturated heterocycles.